The first-order chi connectivity index (χ1) is 12.2. The van der Waals surface area contributed by atoms with E-state index in [0.29, 0.717) is 13.0 Å². The van der Waals surface area contributed by atoms with E-state index in [1.54, 1.807) is 13.3 Å². The molecule has 1 aromatic carbocycles. The van der Waals surface area contributed by atoms with Gasteiger partial charge in [0.25, 0.3) is 0 Å². The summed E-state index contributed by atoms with van der Waals surface area (Å²) in [4.78, 5) is 18.5. The molecular weight excluding hydrogens is 318 g/mol. The molecule has 25 heavy (non-hydrogen) atoms. The van der Waals surface area contributed by atoms with Crippen LogP contribution in [-0.2, 0) is 11.2 Å². The number of carbonyl (C=O) groups is 1. The molecule has 1 fully saturated rings. The first kappa shape index (κ1) is 16.1. The maximum absolute atomic E-state index is 11.8. The van der Waals surface area contributed by atoms with Crippen molar-refractivity contribution in [3.63, 3.8) is 0 Å². The van der Waals surface area contributed by atoms with Crippen LogP contribution in [0.4, 0.5) is 0 Å². The number of hydrogen-bond acceptors (Lipinski definition) is 5. The van der Waals surface area contributed by atoms with Crippen LogP contribution >= 0.6 is 0 Å². The number of aromatic nitrogens is 1. The Bertz CT molecular complexity index is 803. The fourth-order valence-electron chi connectivity index (χ4n) is 3.89. The van der Waals surface area contributed by atoms with Crippen molar-refractivity contribution >= 4 is 16.8 Å². The number of fused-ring (bicyclic) bond motifs is 3. The molecule has 0 saturated carbocycles. The van der Waals surface area contributed by atoms with E-state index < -0.39 is 0 Å². The minimum absolute atomic E-state index is 0.135. The van der Waals surface area contributed by atoms with Gasteiger partial charge < -0.3 is 15.2 Å². The van der Waals surface area contributed by atoms with Gasteiger partial charge in [-0.1, -0.05) is 0 Å². The van der Waals surface area contributed by atoms with Crippen LogP contribution in [0.3, 0.4) is 0 Å². The molecule has 1 aromatic heterocycles. The molecule has 1 radical (unpaired) electrons. The van der Waals surface area contributed by atoms with Crippen molar-refractivity contribution in [2.24, 2.45) is 5.73 Å². The number of primary amides is 1. The molecule has 1 amide bonds. The topological polar surface area (TPSA) is 77.7 Å². The molecule has 2 aromatic rings. The molecule has 2 atom stereocenters. The first-order valence-electron chi connectivity index (χ1n) is 8.62. The summed E-state index contributed by atoms with van der Waals surface area (Å²) < 4.78 is 11.4. The molecule has 3 heterocycles. The van der Waals surface area contributed by atoms with Gasteiger partial charge in [0.2, 0.25) is 5.91 Å². The fraction of sp³-hybridized carbons (Fsp3) is 0.421. The third-order valence-corrected chi connectivity index (χ3v) is 5.20. The number of benzene rings is 1. The molecule has 6 nitrogen and oxygen atoms in total. The summed E-state index contributed by atoms with van der Waals surface area (Å²) in [5, 5.41) is 1.04. The second-order valence-electron chi connectivity index (χ2n) is 6.62. The van der Waals surface area contributed by atoms with Gasteiger partial charge in [0, 0.05) is 17.0 Å². The van der Waals surface area contributed by atoms with Gasteiger partial charge in [-0.25, -0.2) is 0 Å². The summed E-state index contributed by atoms with van der Waals surface area (Å²) in [5.41, 5.74) is 7.66. The molecule has 0 bridgehead atoms. The normalized spacial score (nSPS) is 23.7. The Morgan fingerprint density at radius 1 is 1.44 bits per heavy atom. The quantitative estimate of drug-likeness (QED) is 0.920. The molecule has 131 valence electrons. The zero-order valence-corrected chi connectivity index (χ0v) is 14.3. The number of amides is 1. The SMILES string of the molecule is COc1ccc2ncc3c(c2c1)CC(N1CC[CH]CC1C(N)=O)CO3. The zero-order chi connectivity index (χ0) is 17.4. The van der Waals surface area contributed by atoms with Gasteiger partial charge in [-0.15, -0.1) is 0 Å². The third kappa shape index (κ3) is 2.91. The second-order valence-corrected chi connectivity index (χ2v) is 6.62. The van der Waals surface area contributed by atoms with Crippen molar-refractivity contribution in [3.05, 3.63) is 36.4 Å². The first-order valence-corrected chi connectivity index (χ1v) is 8.62. The fourth-order valence-corrected chi connectivity index (χ4v) is 3.89. The largest absolute Gasteiger partial charge is 0.497 e. The number of hydrogen-bond donors (Lipinski definition) is 1. The second kappa shape index (κ2) is 6.52. The smallest absolute Gasteiger partial charge is 0.234 e. The van der Waals surface area contributed by atoms with E-state index in [4.69, 9.17) is 15.2 Å². The standard InChI is InChI=1S/C19H22N3O3/c1-24-13-5-6-16-14(9-13)15-8-12(11-25-18(15)10-21-16)22-7-3-2-4-17(22)19(20)23/h2,5-6,9-10,12,17H,3-4,7-8,11H2,1H3,(H2,20,23). The predicted octanol–water partition coefficient (Wildman–Crippen LogP) is 1.70. The Kier molecular flexibility index (Phi) is 4.21. The van der Waals surface area contributed by atoms with Crippen LogP contribution in [0.5, 0.6) is 11.5 Å². The third-order valence-electron chi connectivity index (χ3n) is 5.20. The van der Waals surface area contributed by atoms with Gasteiger partial charge in [-0.05, 0) is 50.4 Å². The van der Waals surface area contributed by atoms with E-state index in [1.807, 2.05) is 18.2 Å². The molecule has 2 N–H and O–H groups in total. The minimum Gasteiger partial charge on any atom is -0.497 e. The molecule has 2 aliphatic rings. The van der Waals surface area contributed by atoms with Gasteiger partial charge in [0.1, 0.15) is 18.1 Å². The van der Waals surface area contributed by atoms with E-state index in [9.17, 15) is 4.79 Å². The Morgan fingerprint density at radius 2 is 2.32 bits per heavy atom. The highest BCUT2D eigenvalue weighted by atomic mass is 16.5. The Morgan fingerprint density at radius 3 is 3.12 bits per heavy atom. The number of piperidine rings is 1. The van der Waals surface area contributed by atoms with Gasteiger partial charge >= 0.3 is 0 Å². The number of nitrogens with two attached hydrogens (primary N) is 1. The number of ether oxygens (including phenoxy) is 2. The molecule has 0 spiro atoms. The summed E-state index contributed by atoms with van der Waals surface area (Å²) in [6.07, 6.45) is 6.43. The van der Waals surface area contributed by atoms with Gasteiger partial charge in [-0.3, -0.25) is 14.7 Å². The molecule has 1 saturated heterocycles. The van der Waals surface area contributed by atoms with Crippen molar-refractivity contribution in [1.29, 1.82) is 0 Å². The zero-order valence-electron chi connectivity index (χ0n) is 14.3. The number of likely N-dealkylation sites (tertiary alicyclic amines) is 1. The van der Waals surface area contributed by atoms with Crippen molar-refractivity contribution in [3.8, 4) is 11.5 Å². The number of pyridine rings is 1. The monoisotopic (exact) mass is 340 g/mol. The van der Waals surface area contributed by atoms with Crippen molar-refractivity contribution in [1.82, 2.24) is 9.88 Å². The van der Waals surface area contributed by atoms with Crippen molar-refractivity contribution < 1.29 is 14.3 Å². The number of carbonyl (C=O) groups excluding carboxylic acids is 1. The minimum atomic E-state index is -0.261. The predicted molar refractivity (Wildman–Crippen MR) is 94.5 cm³/mol. The average Bonchev–Trinajstić information content (AvgIpc) is 2.67. The van der Waals surface area contributed by atoms with E-state index in [1.165, 1.54) is 0 Å². The summed E-state index contributed by atoms with van der Waals surface area (Å²) in [5.74, 6) is 1.35. The highest BCUT2D eigenvalue weighted by Gasteiger charge is 2.35. The summed E-state index contributed by atoms with van der Waals surface area (Å²) in [6, 6.07) is 5.76. The highest BCUT2D eigenvalue weighted by molar-refractivity contribution is 5.86. The molecule has 2 aliphatic heterocycles. The van der Waals surface area contributed by atoms with Crippen LogP contribution in [-0.4, -0.2) is 48.1 Å². The van der Waals surface area contributed by atoms with Gasteiger partial charge in [0.05, 0.1) is 24.9 Å². The van der Waals surface area contributed by atoms with Crippen LogP contribution in [0, 0.1) is 6.42 Å². The van der Waals surface area contributed by atoms with Crippen molar-refractivity contribution in [2.45, 2.75) is 31.3 Å². The number of rotatable bonds is 3. The molecule has 2 unspecified atom stereocenters. The Labute approximate surface area is 146 Å². The Hall–Kier alpha value is -2.34. The van der Waals surface area contributed by atoms with Crippen LogP contribution in [0.15, 0.2) is 24.4 Å². The number of nitrogens with zero attached hydrogens (tertiary/aromatic N) is 2. The maximum Gasteiger partial charge on any atom is 0.234 e. The Balaban J connectivity index is 1.69. The van der Waals surface area contributed by atoms with Crippen molar-refractivity contribution in [2.75, 3.05) is 20.3 Å². The van der Waals surface area contributed by atoms with E-state index >= 15 is 0 Å². The average molecular weight is 340 g/mol. The summed E-state index contributed by atoms with van der Waals surface area (Å²) >= 11 is 0. The highest BCUT2D eigenvalue weighted by Crippen LogP contribution is 2.35. The lowest BCUT2D eigenvalue weighted by atomic mass is 9.93. The van der Waals surface area contributed by atoms with Crippen LogP contribution in [0.2, 0.25) is 0 Å². The lowest BCUT2D eigenvalue weighted by molar-refractivity contribution is -0.125. The van der Waals surface area contributed by atoms with Crippen LogP contribution in [0.25, 0.3) is 10.9 Å². The summed E-state index contributed by atoms with van der Waals surface area (Å²) in [6.45, 7) is 1.39. The van der Waals surface area contributed by atoms with Gasteiger partial charge in [0.15, 0.2) is 0 Å². The maximum atomic E-state index is 11.8. The van der Waals surface area contributed by atoms with Crippen LogP contribution < -0.4 is 15.2 Å². The molecular formula is C19H22N3O3. The lowest BCUT2D eigenvalue weighted by Gasteiger charge is -2.41. The van der Waals surface area contributed by atoms with Gasteiger partial charge in [-0.2, -0.15) is 0 Å². The van der Waals surface area contributed by atoms with E-state index in [0.717, 1.165) is 47.4 Å². The molecule has 6 heteroatoms. The molecule has 0 aliphatic carbocycles. The lowest BCUT2D eigenvalue weighted by Crippen LogP contribution is -2.55. The van der Waals surface area contributed by atoms with Crippen LogP contribution in [0.1, 0.15) is 18.4 Å². The van der Waals surface area contributed by atoms with E-state index in [-0.39, 0.29) is 18.0 Å². The summed E-state index contributed by atoms with van der Waals surface area (Å²) in [7, 11) is 1.66. The number of methoxy groups -OCH3 is 1. The molecule has 4 rings (SSSR count). The van der Waals surface area contributed by atoms with E-state index in [2.05, 4.69) is 16.3 Å².